The lowest BCUT2D eigenvalue weighted by Gasteiger charge is -2.20. The summed E-state index contributed by atoms with van der Waals surface area (Å²) in [5.41, 5.74) is 11.2. The Morgan fingerprint density at radius 1 is 1.38 bits per heavy atom. The number of aryl methyl sites for hydroxylation is 1. The highest BCUT2D eigenvalue weighted by Crippen LogP contribution is 2.26. The molecule has 0 aliphatic carbocycles. The van der Waals surface area contributed by atoms with Gasteiger partial charge in [0.2, 0.25) is 0 Å². The van der Waals surface area contributed by atoms with E-state index < -0.39 is 18.8 Å². The predicted octanol–water partition coefficient (Wildman–Crippen LogP) is 3.42. The van der Waals surface area contributed by atoms with E-state index in [4.69, 9.17) is 10.3 Å². The van der Waals surface area contributed by atoms with Gasteiger partial charge in [-0.05, 0) is 16.7 Å². The number of benzene rings is 1. The first kappa shape index (κ1) is 15.0. The summed E-state index contributed by atoms with van der Waals surface area (Å²) in [6, 6.07) is 6.62. The third kappa shape index (κ3) is 3.39. The zero-order chi connectivity index (χ0) is 15.2. The lowest BCUT2D eigenvalue weighted by molar-refractivity contribution is 0.0722. The van der Waals surface area contributed by atoms with Crippen LogP contribution in [0.1, 0.15) is 11.7 Å². The van der Waals surface area contributed by atoms with Gasteiger partial charge in [0, 0.05) is 30.8 Å². The van der Waals surface area contributed by atoms with Crippen LogP contribution in [0.15, 0.2) is 41.8 Å². The monoisotopic (exact) mass is 289 g/mol. The van der Waals surface area contributed by atoms with E-state index in [0.717, 1.165) is 16.7 Å². The zero-order valence-electron chi connectivity index (χ0n) is 11.8. The number of azide groups is 1. The Balaban J connectivity index is 2.26. The van der Waals surface area contributed by atoms with E-state index in [1.807, 2.05) is 37.5 Å². The molecule has 0 fully saturated rings. The molecule has 2 atom stereocenters. The average Bonchev–Trinajstić information content (AvgIpc) is 2.94. The van der Waals surface area contributed by atoms with Gasteiger partial charge in [-0.2, -0.15) is 5.10 Å². The Labute approximate surface area is 121 Å². The van der Waals surface area contributed by atoms with E-state index in [0.29, 0.717) is 0 Å². The second-order valence-electron chi connectivity index (χ2n) is 4.61. The number of aromatic nitrogens is 2. The number of hydrogen-bond donors (Lipinski definition) is 0. The summed E-state index contributed by atoms with van der Waals surface area (Å²) in [4.78, 5) is 2.66. The van der Waals surface area contributed by atoms with Gasteiger partial charge in [-0.15, -0.1) is 0 Å². The van der Waals surface area contributed by atoms with Crippen molar-refractivity contribution in [2.45, 2.75) is 12.1 Å². The first-order valence-electron chi connectivity index (χ1n) is 6.41. The maximum Gasteiger partial charge on any atom is 0.101 e. The van der Waals surface area contributed by atoms with E-state index in [2.05, 4.69) is 15.1 Å². The lowest BCUT2D eigenvalue weighted by atomic mass is 10.0. The predicted molar refractivity (Wildman–Crippen MR) is 77.3 cm³/mol. The van der Waals surface area contributed by atoms with Crippen LogP contribution in [0.4, 0.5) is 4.39 Å². The van der Waals surface area contributed by atoms with Crippen LogP contribution in [0.2, 0.25) is 0 Å². The first-order chi connectivity index (χ1) is 10.2. The number of nitrogens with zero attached hydrogens (tertiary/aromatic N) is 5. The SMILES string of the molecule is CO[C@H](c1ccc(-c2cnn(C)c2)cc1)C(CF)N=[N+]=[N-]. The van der Waals surface area contributed by atoms with Crippen LogP contribution in [0.3, 0.4) is 0 Å². The smallest absolute Gasteiger partial charge is 0.101 e. The Kier molecular flexibility index (Phi) is 4.92. The number of alkyl halides is 1. The molecule has 7 heteroatoms. The van der Waals surface area contributed by atoms with Crippen LogP contribution < -0.4 is 0 Å². The Bertz CT molecular complexity index is 633. The standard InChI is InChI=1S/C14H16FN5O/c1-20-9-12(8-17-20)10-3-5-11(6-4-10)14(21-2)13(7-15)18-19-16/h3-6,8-9,13-14H,7H2,1-2H3/t13?,14-/m1/s1. The molecule has 110 valence electrons. The molecule has 0 amide bonds. The van der Waals surface area contributed by atoms with Gasteiger partial charge >= 0.3 is 0 Å². The fourth-order valence-corrected chi connectivity index (χ4v) is 2.19. The van der Waals surface area contributed by atoms with Crippen LogP contribution in [-0.2, 0) is 11.8 Å². The maximum atomic E-state index is 13.0. The van der Waals surface area contributed by atoms with E-state index in [1.54, 1.807) is 10.9 Å². The van der Waals surface area contributed by atoms with Gasteiger partial charge in [-0.25, -0.2) is 0 Å². The molecule has 0 saturated heterocycles. The minimum Gasteiger partial charge on any atom is -0.376 e. The molecular formula is C14H16FN5O. The van der Waals surface area contributed by atoms with Crippen molar-refractivity contribution >= 4 is 0 Å². The summed E-state index contributed by atoms with van der Waals surface area (Å²) in [6.45, 7) is -0.771. The Morgan fingerprint density at radius 3 is 2.57 bits per heavy atom. The third-order valence-corrected chi connectivity index (χ3v) is 3.24. The second kappa shape index (κ2) is 6.88. The molecule has 6 nitrogen and oxygen atoms in total. The van der Waals surface area contributed by atoms with Crippen molar-refractivity contribution in [3.05, 3.63) is 52.7 Å². The van der Waals surface area contributed by atoms with E-state index in [-0.39, 0.29) is 0 Å². The number of hydrogen-bond acceptors (Lipinski definition) is 3. The summed E-state index contributed by atoms with van der Waals surface area (Å²) in [5.74, 6) is 0. The molecule has 1 aromatic heterocycles. The average molecular weight is 289 g/mol. The van der Waals surface area contributed by atoms with Crippen LogP contribution in [0, 0.1) is 0 Å². The molecule has 0 aliphatic rings. The summed E-state index contributed by atoms with van der Waals surface area (Å²) < 4.78 is 20.0. The second-order valence-corrected chi connectivity index (χ2v) is 4.61. The van der Waals surface area contributed by atoms with Gasteiger partial charge in [-0.3, -0.25) is 9.07 Å². The molecule has 2 aromatic rings. The van der Waals surface area contributed by atoms with Crippen molar-refractivity contribution < 1.29 is 9.13 Å². The highest BCUT2D eigenvalue weighted by Gasteiger charge is 2.22. The normalized spacial score (nSPS) is 13.5. The van der Waals surface area contributed by atoms with Crippen molar-refractivity contribution in [2.75, 3.05) is 13.8 Å². The lowest BCUT2D eigenvalue weighted by Crippen LogP contribution is -2.20. The molecule has 1 aromatic carbocycles. The molecule has 21 heavy (non-hydrogen) atoms. The van der Waals surface area contributed by atoms with Crippen molar-refractivity contribution in [2.24, 2.45) is 12.2 Å². The van der Waals surface area contributed by atoms with Crippen molar-refractivity contribution in [3.8, 4) is 11.1 Å². The fraction of sp³-hybridized carbons (Fsp3) is 0.357. The molecule has 0 N–H and O–H groups in total. The molecular weight excluding hydrogens is 273 g/mol. The van der Waals surface area contributed by atoms with Gasteiger partial charge in [0.25, 0.3) is 0 Å². The van der Waals surface area contributed by atoms with Gasteiger partial charge in [-0.1, -0.05) is 29.4 Å². The topological polar surface area (TPSA) is 75.8 Å². The highest BCUT2D eigenvalue weighted by atomic mass is 19.1. The number of methoxy groups -OCH3 is 1. The quantitative estimate of drug-likeness (QED) is 0.464. The van der Waals surface area contributed by atoms with Crippen molar-refractivity contribution in [1.82, 2.24) is 9.78 Å². The zero-order valence-corrected chi connectivity index (χ0v) is 11.8. The third-order valence-electron chi connectivity index (χ3n) is 3.24. The maximum absolute atomic E-state index is 13.0. The summed E-state index contributed by atoms with van der Waals surface area (Å²) in [7, 11) is 3.32. The molecule has 0 spiro atoms. The largest absolute Gasteiger partial charge is 0.376 e. The number of rotatable bonds is 6. The van der Waals surface area contributed by atoms with E-state index in [1.165, 1.54) is 7.11 Å². The summed E-state index contributed by atoms with van der Waals surface area (Å²) in [6.07, 6.45) is 3.08. The Morgan fingerprint density at radius 2 is 2.10 bits per heavy atom. The molecule has 1 unspecified atom stereocenters. The molecule has 0 aliphatic heterocycles. The summed E-state index contributed by atoms with van der Waals surface area (Å²) in [5, 5.41) is 7.56. The molecule has 0 radical (unpaired) electrons. The van der Waals surface area contributed by atoms with Gasteiger partial charge < -0.3 is 4.74 Å². The first-order valence-corrected chi connectivity index (χ1v) is 6.41. The van der Waals surface area contributed by atoms with Crippen LogP contribution in [0.5, 0.6) is 0 Å². The highest BCUT2D eigenvalue weighted by molar-refractivity contribution is 5.62. The van der Waals surface area contributed by atoms with Crippen molar-refractivity contribution in [1.29, 1.82) is 0 Å². The van der Waals surface area contributed by atoms with Gasteiger partial charge in [0.05, 0.1) is 18.3 Å². The van der Waals surface area contributed by atoms with Crippen LogP contribution in [0.25, 0.3) is 21.6 Å². The van der Waals surface area contributed by atoms with Gasteiger partial charge in [0.1, 0.15) is 6.67 Å². The summed E-state index contributed by atoms with van der Waals surface area (Å²) >= 11 is 0. The molecule has 0 saturated carbocycles. The van der Waals surface area contributed by atoms with Crippen LogP contribution >= 0.6 is 0 Å². The number of halogens is 1. The number of ether oxygens (including phenoxy) is 1. The molecule has 0 bridgehead atoms. The van der Waals surface area contributed by atoms with Crippen molar-refractivity contribution in [3.63, 3.8) is 0 Å². The minimum atomic E-state index is -0.871. The van der Waals surface area contributed by atoms with E-state index in [9.17, 15) is 4.39 Å². The Hall–Kier alpha value is -2.37. The van der Waals surface area contributed by atoms with Gasteiger partial charge in [0.15, 0.2) is 0 Å². The fourth-order valence-electron chi connectivity index (χ4n) is 2.19. The van der Waals surface area contributed by atoms with E-state index >= 15 is 0 Å². The van der Waals surface area contributed by atoms with Crippen LogP contribution in [-0.4, -0.2) is 29.6 Å². The minimum absolute atomic E-state index is 0.603. The molecule has 2 rings (SSSR count). The molecule has 1 heterocycles.